The molecule has 0 fully saturated rings. The van der Waals surface area contributed by atoms with Gasteiger partial charge in [0, 0.05) is 44.0 Å². The minimum atomic E-state index is 0.897. The lowest BCUT2D eigenvalue weighted by Gasteiger charge is -2.27. The van der Waals surface area contributed by atoms with Crippen LogP contribution in [-0.4, -0.2) is 4.57 Å². The summed E-state index contributed by atoms with van der Waals surface area (Å²) >= 11 is 0. The van der Waals surface area contributed by atoms with Crippen molar-refractivity contribution in [3.63, 3.8) is 0 Å². The van der Waals surface area contributed by atoms with Gasteiger partial charge < -0.3 is 13.9 Å². The van der Waals surface area contributed by atoms with E-state index in [0.29, 0.717) is 0 Å². The number of aromatic nitrogens is 1. The number of rotatable bonds is 6. The van der Waals surface area contributed by atoms with Crippen molar-refractivity contribution in [2.24, 2.45) is 0 Å². The van der Waals surface area contributed by atoms with Gasteiger partial charge in [-0.05, 0) is 88.3 Å². The van der Waals surface area contributed by atoms with Gasteiger partial charge in [0.05, 0.1) is 16.7 Å². The molecule has 0 bridgehead atoms. The van der Waals surface area contributed by atoms with Gasteiger partial charge in [-0.3, -0.25) is 0 Å². The molecule has 2 aromatic heterocycles. The van der Waals surface area contributed by atoms with E-state index >= 15 is 0 Å². The number of hydrogen-bond acceptors (Lipinski definition) is 2. The van der Waals surface area contributed by atoms with Gasteiger partial charge >= 0.3 is 0 Å². The molecule has 0 atom stereocenters. The molecule has 9 aromatic carbocycles. The van der Waals surface area contributed by atoms with Crippen molar-refractivity contribution in [3.8, 4) is 27.9 Å². The number of para-hydroxylation sites is 3. The predicted molar refractivity (Wildman–Crippen MR) is 231 cm³/mol. The zero-order valence-electron chi connectivity index (χ0n) is 29.9. The number of fused-ring (bicyclic) bond motifs is 8. The fourth-order valence-electron chi connectivity index (χ4n) is 8.47. The van der Waals surface area contributed by atoms with Crippen LogP contribution in [0.3, 0.4) is 0 Å². The molecule has 11 aromatic rings. The van der Waals surface area contributed by atoms with Gasteiger partial charge in [0.1, 0.15) is 11.2 Å². The van der Waals surface area contributed by atoms with Crippen LogP contribution in [0.5, 0.6) is 0 Å². The number of nitrogens with zero attached hydrogens (tertiary/aromatic N) is 2. The van der Waals surface area contributed by atoms with Crippen molar-refractivity contribution < 1.29 is 4.42 Å². The first kappa shape index (κ1) is 31.2. The Morgan fingerprint density at radius 1 is 0.400 bits per heavy atom. The highest BCUT2D eigenvalue weighted by Gasteiger charge is 2.22. The molecular weight excluding hydrogens is 669 g/mol. The summed E-state index contributed by atoms with van der Waals surface area (Å²) in [5, 5.41) is 7.03. The van der Waals surface area contributed by atoms with Crippen molar-refractivity contribution in [2.75, 3.05) is 4.90 Å². The second-order valence-corrected chi connectivity index (χ2v) is 14.1. The lowest BCUT2D eigenvalue weighted by atomic mass is 9.98. The van der Waals surface area contributed by atoms with Crippen molar-refractivity contribution in [3.05, 3.63) is 206 Å². The Hall–Kier alpha value is -7.36. The molecule has 0 saturated carbocycles. The van der Waals surface area contributed by atoms with Crippen LogP contribution in [0.2, 0.25) is 0 Å². The summed E-state index contributed by atoms with van der Waals surface area (Å²) < 4.78 is 8.96. The van der Waals surface area contributed by atoms with Crippen LogP contribution in [0.25, 0.3) is 82.5 Å². The first-order valence-electron chi connectivity index (χ1n) is 18.8. The SMILES string of the molecule is c1ccc(-c2ccc(N(c3ccc(-c4cccc5oc6c7ccccc7ccc6c45)cc3)c3cccc4c5ccccc5n(-c5ccccc5)c34)cc2)cc1. The van der Waals surface area contributed by atoms with Gasteiger partial charge in [-0.15, -0.1) is 0 Å². The first-order valence-corrected chi connectivity index (χ1v) is 18.8. The summed E-state index contributed by atoms with van der Waals surface area (Å²) in [5.74, 6) is 0. The van der Waals surface area contributed by atoms with Crippen LogP contribution < -0.4 is 4.90 Å². The van der Waals surface area contributed by atoms with Gasteiger partial charge in [-0.2, -0.15) is 0 Å². The van der Waals surface area contributed by atoms with Crippen molar-refractivity contribution in [1.82, 2.24) is 4.57 Å². The van der Waals surface area contributed by atoms with Gasteiger partial charge in [0.15, 0.2) is 0 Å². The highest BCUT2D eigenvalue weighted by Crippen LogP contribution is 2.45. The molecule has 0 amide bonds. The third-order valence-electron chi connectivity index (χ3n) is 11.0. The lowest BCUT2D eigenvalue weighted by molar-refractivity contribution is 0.673. The zero-order chi connectivity index (χ0) is 36.3. The molecule has 11 rings (SSSR count). The van der Waals surface area contributed by atoms with Crippen LogP contribution in [0.4, 0.5) is 17.1 Å². The number of hydrogen-bond donors (Lipinski definition) is 0. The Balaban J connectivity index is 1.11. The smallest absolute Gasteiger partial charge is 0.143 e. The molecule has 0 unspecified atom stereocenters. The molecule has 55 heavy (non-hydrogen) atoms. The summed E-state index contributed by atoms with van der Waals surface area (Å²) in [6.45, 7) is 0. The van der Waals surface area contributed by atoms with Crippen molar-refractivity contribution in [2.45, 2.75) is 0 Å². The topological polar surface area (TPSA) is 21.3 Å². The van der Waals surface area contributed by atoms with Crippen LogP contribution in [0.1, 0.15) is 0 Å². The number of benzene rings is 9. The molecule has 3 heteroatoms. The van der Waals surface area contributed by atoms with E-state index in [2.05, 4.69) is 216 Å². The summed E-state index contributed by atoms with van der Waals surface area (Å²) in [7, 11) is 0. The van der Waals surface area contributed by atoms with E-state index in [1.165, 1.54) is 32.8 Å². The van der Waals surface area contributed by atoms with Crippen molar-refractivity contribution in [1.29, 1.82) is 0 Å². The fraction of sp³-hybridized carbons (Fsp3) is 0. The van der Waals surface area contributed by atoms with E-state index in [0.717, 1.165) is 66.7 Å². The number of anilines is 3. The Morgan fingerprint density at radius 3 is 1.80 bits per heavy atom. The summed E-state index contributed by atoms with van der Waals surface area (Å²) in [5.41, 5.74) is 13.2. The Kier molecular flexibility index (Phi) is 7.17. The van der Waals surface area contributed by atoms with Gasteiger partial charge in [0.2, 0.25) is 0 Å². The molecule has 0 saturated heterocycles. The number of furan rings is 1. The van der Waals surface area contributed by atoms with E-state index in [4.69, 9.17) is 4.42 Å². The lowest BCUT2D eigenvalue weighted by Crippen LogP contribution is -2.11. The predicted octanol–water partition coefficient (Wildman–Crippen LogP) is 14.6. The summed E-state index contributed by atoms with van der Waals surface area (Å²) in [6.07, 6.45) is 0. The van der Waals surface area contributed by atoms with Gasteiger partial charge in [0.25, 0.3) is 0 Å². The van der Waals surface area contributed by atoms with Crippen LogP contribution in [0, 0.1) is 0 Å². The molecule has 0 aliphatic heterocycles. The summed E-state index contributed by atoms with van der Waals surface area (Å²) in [4.78, 5) is 2.40. The Bertz CT molecular complexity index is 3180. The monoisotopic (exact) mass is 702 g/mol. The maximum Gasteiger partial charge on any atom is 0.143 e. The molecule has 3 nitrogen and oxygen atoms in total. The van der Waals surface area contributed by atoms with E-state index < -0.39 is 0 Å². The van der Waals surface area contributed by atoms with Crippen LogP contribution in [-0.2, 0) is 0 Å². The molecule has 0 radical (unpaired) electrons. The quantitative estimate of drug-likeness (QED) is 0.172. The maximum absolute atomic E-state index is 6.55. The van der Waals surface area contributed by atoms with Gasteiger partial charge in [-0.25, -0.2) is 0 Å². The largest absolute Gasteiger partial charge is 0.455 e. The molecule has 0 aliphatic carbocycles. The molecular formula is C52H34N2O. The maximum atomic E-state index is 6.55. The third-order valence-corrected chi connectivity index (χ3v) is 11.0. The third kappa shape index (κ3) is 5.05. The second kappa shape index (κ2) is 12.6. The average molecular weight is 703 g/mol. The Labute approximate surface area is 318 Å². The van der Waals surface area contributed by atoms with Crippen LogP contribution >= 0.6 is 0 Å². The van der Waals surface area contributed by atoms with Crippen molar-refractivity contribution >= 4 is 71.6 Å². The van der Waals surface area contributed by atoms with E-state index in [-0.39, 0.29) is 0 Å². The second-order valence-electron chi connectivity index (χ2n) is 14.1. The molecule has 0 spiro atoms. The fourth-order valence-corrected chi connectivity index (χ4v) is 8.47. The molecule has 2 heterocycles. The first-order chi connectivity index (χ1) is 27.3. The minimum Gasteiger partial charge on any atom is -0.455 e. The zero-order valence-corrected chi connectivity index (χ0v) is 29.9. The normalized spacial score (nSPS) is 11.6. The molecule has 258 valence electrons. The van der Waals surface area contributed by atoms with E-state index in [9.17, 15) is 0 Å². The van der Waals surface area contributed by atoms with E-state index in [1.54, 1.807) is 0 Å². The average Bonchev–Trinajstić information content (AvgIpc) is 3.82. The molecule has 0 aliphatic rings. The molecule has 0 N–H and O–H groups in total. The van der Waals surface area contributed by atoms with E-state index in [1.807, 2.05) is 0 Å². The highest BCUT2D eigenvalue weighted by molar-refractivity contribution is 6.19. The Morgan fingerprint density at radius 2 is 1.02 bits per heavy atom. The van der Waals surface area contributed by atoms with Gasteiger partial charge in [-0.1, -0.05) is 146 Å². The standard InChI is InChI=1S/C52H34N2O/c1-3-13-35(14-4-1)36-25-30-40(31-26-36)53(48-23-11-21-45-44-19-9-10-22-47(44)54(51(45)48)39-16-5-2-6-17-39)41-32-27-38(28-33-41)42-20-12-24-49-50(42)46-34-29-37-15-7-8-18-43(37)52(46)55-49/h1-34H. The minimum absolute atomic E-state index is 0.897. The summed E-state index contributed by atoms with van der Waals surface area (Å²) in [6, 6.07) is 73.9. The highest BCUT2D eigenvalue weighted by atomic mass is 16.3. The van der Waals surface area contributed by atoms with Crippen LogP contribution in [0.15, 0.2) is 211 Å².